The molecule has 1 unspecified atom stereocenters. The first-order valence-corrected chi connectivity index (χ1v) is 22.8. The van der Waals surface area contributed by atoms with Crippen LogP contribution in [0.2, 0.25) is 0 Å². The number of carbonyl (C=O) groups is 3. The van der Waals surface area contributed by atoms with Crippen molar-refractivity contribution < 1.29 is 18.8 Å². The predicted molar refractivity (Wildman–Crippen MR) is 249 cm³/mol. The standard InChI is InChI=1S/C50H57FN10O4/c1-35(52)47(37-11-6-4-7-12-37)48-54-43(33-45(55-48)60-28-26-59(27-29-60)21-18-53-65)39-14-9-10-36(30-39)17-20-58-24-22-57(23-25-58)19-8-3-2-5-13-38-31-40(51)32-41-42(38)34-61(50(41)64)44-15-16-46(62)56-49(44)63/h4,6-7,9-12,14,30-33,44H,2-3,8,15-29,34,52H2,1H3,(H,56,62,63). The number of rotatable bonds is 15. The predicted octanol–water partition coefficient (Wildman–Crippen LogP) is 5.05. The van der Waals surface area contributed by atoms with Crippen LogP contribution < -0.4 is 16.0 Å². The SMILES string of the molecule is CC(N)=C(c1ccccc1)c1nc(-c2cccc(CCN3CCN(CCCCC#Cc4cc(F)cc5c4CN(C4CCC(=O)NC4=O)C5=O)CC3)c2)cc(N2CCN(CCN=O)CC2)n1. The monoisotopic (exact) mass is 880 g/mol. The summed E-state index contributed by atoms with van der Waals surface area (Å²) in [5, 5.41) is 5.35. The van der Waals surface area contributed by atoms with Crippen molar-refractivity contribution >= 4 is 29.1 Å². The number of anilines is 1. The number of carbonyl (C=O) groups excluding carboxylic acids is 3. The van der Waals surface area contributed by atoms with Gasteiger partial charge in [0, 0.05) is 124 Å². The quantitative estimate of drug-likeness (QED) is 0.0712. The van der Waals surface area contributed by atoms with Crippen molar-refractivity contribution in [3.63, 3.8) is 0 Å². The lowest BCUT2D eigenvalue weighted by Gasteiger charge is -2.35. The number of allylic oxidation sites excluding steroid dienone is 1. The first kappa shape index (κ1) is 45.2. The van der Waals surface area contributed by atoms with E-state index in [0.717, 1.165) is 113 Å². The number of hydrogen-bond acceptors (Lipinski definition) is 12. The number of aromatic nitrogens is 2. The molecule has 1 aromatic heterocycles. The van der Waals surface area contributed by atoms with Crippen LogP contribution in [-0.4, -0.2) is 132 Å². The summed E-state index contributed by atoms with van der Waals surface area (Å²) in [6.07, 6.45) is 3.90. The molecule has 3 aromatic carbocycles. The Kier molecular flexibility index (Phi) is 14.7. The fraction of sp³-hybridized carbons (Fsp3) is 0.420. The molecule has 0 aliphatic carbocycles. The Morgan fingerprint density at radius 3 is 2.34 bits per heavy atom. The van der Waals surface area contributed by atoms with E-state index in [1.807, 2.05) is 37.3 Å². The third kappa shape index (κ3) is 11.1. The fourth-order valence-corrected chi connectivity index (χ4v) is 9.23. The molecule has 3 fully saturated rings. The summed E-state index contributed by atoms with van der Waals surface area (Å²) in [5.41, 5.74) is 13.4. The minimum absolute atomic E-state index is 0.161. The van der Waals surface area contributed by atoms with Crippen molar-refractivity contribution in [1.29, 1.82) is 0 Å². The average Bonchev–Trinajstić information content (AvgIpc) is 3.64. The maximum absolute atomic E-state index is 14.6. The molecule has 4 aliphatic heterocycles. The number of amides is 3. The van der Waals surface area contributed by atoms with Gasteiger partial charge in [-0.25, -0.2) is 14.4 Å². The van der Waals surface area contributed by atoms with Gasteiger partial charge < -0.3 is 25.3 Å². The molecule has 3 amide bonds. The molecule has 14 nitrogen and oxygen atoms in total. The molecule has 5 heterocycles. The molecule has 15 heteroatoms. The number of piperidine rings is 1. The van der Waals surface area contributed by atoms with E-state index in [1.54, 1.807) is 0 Å². The van der Waals surface area contributed by atoms with Crippen LogP contribution in [0.4, 0.5) is 10.2 Å². The zero-order valence-electron chi connectivity index (χ0n) is 37.1. The summed E-state index contributed by atoms with van der Waals surface area (Å²) < 4.78 is 14.6. The molecular weight excluding hydrogens is 824 g/mol. The highest BCUT2D eigenvalue weighted by Gasteiger charge is 2.40. The molecule has 8 rings (SSSR count). The van der Waals surface area contributed by atoms with Gasteiger partial charge in [-0.3, -0.25) is 24.6 Å². The van der Waals surface area contributed by atoms with Gasteiger partial charge in [-0.05, 0) is 68.5 Å². The Bertz CT molecular complexity index is 2480. The lowest BCUT2D eigenvalue weighted by molar-refractivity contribution is -0.136. The van der Waals surface area contributed by atoms with Gasteiger partial charge in [0.2, 0.25) is 11.8 Å². The normalized spacial score (nSPS) is 18.8. The topological polar surface area (TPSA) is 161 Å². The summed E-state index contributed by atoms with van der Waals surface area (Å²) in [6, 6.07) is 22.6. The summed E-state index contributed by atoms with van der Waals surface area (Å²) in [5.74, 6) is 5.96. The van der Waals surface area contributed by atoms with Crippen LogP contribution in [0.5, 0.6) is 0 Å². The van der Waals surface area contributed by atoms with E-state index in [0.29, 0.717) is 42.2 Å². The van der Waals surface area contributed by atoms with Crippen LogP contribution in [0.25, 0.3) is 16.8 Å². The molecule has 3 N–H and O–H groups in total. The van der Waals surface area contributed by atoms with E-state index < -0.39 is 23.7 Å². The van der Waals surface area contributed by atoms with Gasteiger partial charge in [-0.1, -0.05) is 65.5 Å². The summed E-state index contributed by atoms with van der Waals surface area (Å²) in [6.45, 7) is 12.2. The lowest BCUT2D eigenvalue weighted by atomic mass is 10.0. The number of piperazine rings is 2. The summed E-state index contributed by atoms with van der Waals surface area (Å²) in [7, 11) is 0. The number of unbranched alkanes of at least 4 members (excludes halogenated alkanes) is 2. The van der Waals surface area contributed by atoms with E-state index in [1.165, 1.54) is 22.6 Å². The van der Waals surface area contributed by atoms with Crippen molar-refractivity contribution in [3.05, 3.63) is 123 Å². The maximum atomic E-state index is 14.6. The van der Waals surface area contributed by atoms with E-state index >= 15 is 0 Å². The Labute approximate surface area is 380 Å². The van der Waals surface area contributed by atoms with Gasteiger partial charge in [0.15, 0.2) is 5.82 Å². The van der Waals surface area contributed by atoms with Gasteiger partial charge in [-0.15, -0.1) is 0 Å². The molecule has 1 atom stereocenters. The van der Waals surface area contributed by atoms with Crippen LogP contribution in [0, 0.1) is 22.6 Å². The third-order valence-corrected chi connectivity index (χ3v) is 12.9. The van der Waals surface area contributed by atoms with Crippen LogP contribution in [0.3, 0.4) is 0 Å². The maximum Gasteiger partial charge on any atom is 0.255 e. The van der Waals surface area contributed by atoms with Crippen molar-refractivity contribution in [3.8, 4) is 23.1 Å². The zero-order chi connectivity index (χ0) is 45.3. The number of nitroso groups, excluding NO2 is 1. The Morgan fingerprint density at radius 1 is 0.862 bits per heavy atom. The van der Waals surface area contributed by atoms with E-state index in [9.17, 15) is 23.7 Å². The van der Waals surface area contributed by atoms with Crippen molar-refractivity contribution in [2.45, 2.75) is 58.0 Å². The van der Waals surface area contributed by atoms with Crippen LogP contribution in [0.15, 0.2) is 83.7 Å². The minimum Gasteiger partial charge on any atom is -0.402 e. The van der Waals surface area contributed by atoms with Crippen molar-refractivity contribution in [2.24, 2.45) is 10.9 Å². The Balaban J connectivity index is 0.831. The van der Waals surface area contributed by atoms with Crippen LogP contribution >= 0.6 is 0 Å². The molecule has 4 aromatic rings. The first-order chi connectivity index (χ1) is 31.6. The molecule has 0 radical (unpaired) electrons. The van der Waals surface area contributed by atoms with Gasteiger partial charge in [-0.2, -0.15) is 4.91 Å². The van der Waals surface area contributed by atoms with Crippen LogP contribution in [0.1, 0.15) is 77.5 Å². The molecule has 0 bridgehead atoms. The number of benzene rings is 3. The Morgan fingerprint density at radius 2 is 1.60 bits per heavy atom. The van der Waals surface area contributed by atoms with Gasteiger partial charge in [0.1, 0.15) is 17.7 Å². The molecule has 65 heavy (non-hydrogen) atoms. The molecule has 0 saturated carbocycles. The third-order valence-electron chi connectivity index (χ3n) is 12.9. The van der Waals surface area contributed by atoms with E-state index in [4.69, 9.17) is 15.7 Å². The Hall–Kier alpha value is -6.34. The zero-order valence-corrected chi connectivity index (χ0v) is 37.1. The van der Waals surface area contributed by atoms with Gasteiger partial charge >= 0.3 is 0 Å². The second-order valence-electron chi connectivity index (χ2n) is 17.3. The second-order valence-corrected chi connectivity index (χ2v) is 17.3. The molecule has 3 saturated heterocycles. The van der Waals surface area contributed by atoms with E-state index in [2.05, 4.69) is 72.3 Å². The molecule has 4 aliphatic rings. The highest BCUT2D eigenvalue weighted by Crippen LogP contribution is 2.32. The van der Waals surface area contributed by atoms with Gasteiger partial charge in [0.05, 0.1) is 12.2 Å². The molecule has 0 spiro atoms. The summed E-state index contributed by atoms with van der Waals surface area (Å²) in [4.78, 5) is 69.3. The fourth-order valence-electron chi connectivity index (χ4n) is 9.23. The largest absolute Gasteiger partial charge is 0.402 e. The number of fused-ring (bicyclic) bond motifs is 1. The lowest BCUT2D eigenvalue weighted by Crippen LogP contribution is -2.52. The highest BCUT2D eigenvalue weighted by molar-refractivity contribution is 6.05. The molecule has 338 valence electrons. The van der Waals surface area contributed by atoms with Crippen LogP contribution in [-0.2, 0) is 22.6 Å². The number of nitrogens with one attached hydrogen (secondary N) is 1. The highest BCUT2D eigenvalue weighted by atomic mass is 19.1. The van der Waals surface area contributed by atoms with Gasteiger partial charge in [0.25, 0.3) is 5.91 Å². The number of halogens is 1. The number of nitrogens with two attached hydrogens (primary N) is 1. The smallest absolute Gasteiger partial charge is 0.255 e. The number of nitrogens with zero attached hydrogens (tertiary/aromatic N) is 8. The summed E-state index contributed by atoms with van der Waals surface area (Å²) >= 11 is 0. The van der Waals surface area contributed by atoms with Crippen molar-refractivity contribution in [1.82, 2.24) is 34.9 Å². The van der Waals surface area contributed by atoms with Crippen molar-refractivity contribution in [2.75, 3.05) is 83.4 Å². The number of imide groups is 1. The number of hydrogen-bond donors (Lipinski definition) is 2. The van der Waals surface area contributed by atoms with E-state index in [-0.39, 0.29) is 30.9 Å². The average molecular weight is 881 g/mol. The molecular formula is C50H57FN10O4. The first-order valence-electron chi connectivity index (χ1n) is 22.8. The minimum atomic E-state index is -0.756. The second kappa shape index (κ2) is 21.1.